The van der Waals surface area contributed by atoms with Crippen molar-refractivity contribution in [3.63, 3.8) is 0 Å². The summed E-state index contributed by atoms with van der Waals surface area (Å²) in [5.41, 5.74) is 0.287. The number of carbonyl (C=O) groups excluding carboxylic acids is 1. The van der Waals surface area contributed by atoms with Crippen LogP contribution in [0.15, 0.2) is 12.1 Å². The summed E-state index contributed by atoms with van der Waals surface area (Å²) in [6, 6.07) is 5.62. The maximum atomic E-state index is 12.0. The number of amides is 1. The average molecular weight is 413 g/mol. The maximum Gasteiger partial charge on any atom is 0.410 e. The second-order valence-electron chi connectivity index (χ2n) is 6.40. The average Bonchev–Trinajstić information content (AvgIpc) is 2.37. The normalized spacial score (nSPS) is 14.7. The zero-order chi connectivity index (χ0) is 15.6. The van der Waals surface area contributed by atoms with Gasteiger partial charge in [-0.3, -0.25) is 0 Å². The molecule has 1 aliphatic heterocycles. The van der Waals surface area contributed by atoms with Gasteiger partial charge in [0.15, 0.2) is 0 Å². The van der Waals surface area contributed by atoms with Crippen LogP contribution in [0.1, 0.15) is 59.9 Å². The third-order valence-corrected chi connectivity index (χ3v) is 3.53. The Morgan fingerprint density at radius 1 is 1.25 bits per heavy atom. The predicted molar refractivity (Wildman–Crippen MR) is 91.9 cm³/mol. The first-order valence-corrected chi connectivity index (χ1v) is 7.18. The fourth-order valence-electron chi connectivity index (χ4n) is 2.51. The second-order valence-corrected chi connectivity index (χ2v) is 6.40. The van der Waals surface area contributed by atoms with E-state index >= 15 is 0 Å². The van der Waals surface area contributed by atoms with Crippen LogP contribution in [0.2, 0.25) is 0 Å². The number of hydrogen-bond donors (Lipinski definition) is 2. The molecular formula is C18H30NO4Y-. The van der Waals surface area contributed by atoms with Crippen LogP contribution in [0.5, 0.6) is 11.5 Å². The number of phenols is 2. The molecule has 1 aliphatic rings. The van der Waals surface area contributed by atoms with Gasteiger partial charge in [-0.25, -0.2) is 4.79 Å². The van der Waals surface area contributed by atoms with E-state index < -0.39 is 5.60 Å². The van der Waals surface area contributed by atoms with Gasteiger partial charge in [0.25, 0.3) is 0 Å². The minimum Gasteiger partial charge on any atom is -0.534 e. The first-order chi connectivity index (χ1) is 9.76. The third kappa shape index (κ3) is 6.98. The van der Waals surface area contributed by atoms with Crippen molar-refractivity contribution in [2.24, 2.45) is 0 Å². The summed E-state index contributed by atoms with van der Waals surface area (Å²) in [5, 5.41) is 19.2. The summed E-state index contributed by atoms with van der Waals surface area (Å²) in [7, 11) is 0. The number of ether oxygens (including phenoxy) is 1. The summed E-state index contributed by atoms with van der Waals surface area (Å²) in [6.45, 7) is 6.74. The van der Waals surface area contributed by atoms with Gasteiger partial charge < -0.3 is 19.8 Å². The zero-order valence-electron chi connectivity index (χ0n) is 13.3. The van der Waals surface area contributed by atoms with Gasteiger partial charge in [-0.05, 0) is 33.6 Å². The Balaban J connectivity index is 0. The van der Waals surface area contributed by atoms with E-state index in [1.165, 1.54) is 6.07 Å². The molecule has 1 aromatic carbocycles. The first kappa shape index (κ1) is 25.4. The van der Waals surface area contributed by atoms with Gasteiger partial charge >= 0.3 is 6.09 Å². The quantitative estimate of drug-likeness (QED) is 0.675. The van der Waals surface area contributed by atoms with Crippen LogP contribution in [-0.4, -0.2) is 39.9 Å². The summed E-state index contributed by atoms with van der Waals surface area (Å²) in [4.78, 5) is 13.7. The molecule has 0 spiro atoms. The number of nitrogens with zero attached hydrogens (tertiary/aromatic N) is 1. The Hall–Kier alpha value is -0.806. The fraction of sp³-hybridized carbons (Fsp3) is 0.611. The van der Waals surface area contributed by atoms with Crippen LogP contribution >= 0.6 is 0 Å². The molecule has 0 aliphatic carbocycles. The number of carbonyl (C=O) groups is 1. The van der Waals surface area contributed by atoms with Crippen molar-refractivity contribution in [2.75, 3.05) is 13.1 Å². The van der Waals surface area contributed by atoms with Crippen molar-refractivity contribution < 1.29 is 52.5 Å². The molecule has 0 saturated carbocycles. The molecule has 2 N–H and O–H groups in total. The van der Waals surface area contributed by atoms with Crippen LogP contribution in [0.4, 0.5) is 4.79 Å². The Bertz CT molecular complexity index is 520. The number of rotatable bonds is 1. The Labute approximate surface area is 171 Å². The monoisotopic (exact) mass is 413 g/mol. The van der Waals surface area contributed by atoms with Crippen LogP contribution < -0.4 is 0 Å². The van der Waals surface area contributed by atoms with Crippen molar-refractivity contribution in [1.82, 2.24) is 4.90 Å². The van der Waals surface area contributed by atoms with Gasteiger partial charge in [-0.15, -0.1) is 11.6 Å². The SMILES string of the molecule is C.C.CC(C)(C)OC(=O)N1CCC(c2c[c-]c(O)cc2O)CC1.[Y]. The number of piperidine rings is 1. The van der Waals surface area contributed by atoms with E-state index in [-0.39, 0.29) is 71.1 Å². The van der Waals surface area contributed by atoms with Gasteiger partial charge in [0, 0.05) is 57.3 Å². The molecule has 1 heterocycles. The van der Waals surface area contributed by atoms with Gasteiger partial charge in [-0.1, -0.05) is 26.8 Å². The molecule has 0 aromatic heterocycles. The number of aromatic hydroxyl groups is 2. The smallest absolute Gasteiger partial charge is 0.410 e. The second kappa shape index (κ2) is 10.2. The van der Waals surface area contributed by atoms with Gasteiger partial charge in [0.1, 0.15) is 5.60 Å². The Kier molecular flexibility index (Phi) is 10.9. The van der Waals surface area contributed by atoms with E-state index in [1.54, 1.807) is 11.0 Å². The Morgan fingerprint density at radius 3 is 2.25 bits per heavy atom. The van der Waals surface area contributed by atoms with Crippen LogP contribution in [0.25, 0.3) is 0 Å². The molecule has 6 heteroatoms. The van der Waals surface area contributed by atoms with Crippen LogP contribution in [0, 0.1) is 6.07 Å². The number of hydrogen-bond acceptors (Lipinski definition) is 4. The molecule has 0 atom stereocenters. The summed E-state index contributed by atoms with van der Waals surface area (Å²) in [6.07, 6.45) is 1.22. The molecular weight excluding hydrogens is 383 g/mol. The molecule has 1 aromatic rings. The van der Waals surface area contributed by atoms with Crippen molar-refractivity contribution in [1.29, 1.82) is 0 Å². The van der Waals surface area contributed by atoms with E-state index in [0.29, 0.717) is 13.1 Å². The van der Waals surface area contributed by atoms with Gasteiger partial charge in [0.2, 0.25) is 0 Å². The predicted octanol–water partition coefficient (Wildman–Crippen LogP) is 4.28. The molecule has 1 radical (unpaired) electrons. The molecule has 1 saturated heterocycles. The molecule has 24 heavy (non-hydrogen) atoms. The molecule has 5 nitrogen and oxygen atoms in total. The maximum absolute atomic E-state index is 12.0. The van der Waals surface area contributed by atoms with E-state index in [9.17, 15) is 15.0 Å². The molecule has 0 unspecified atom stereocenters. The molecule has 135 valence electrons. The van der Waals surface area contributed by atoms with E-state index in [0.717, 1.165) is 18.4 Å². The summed E-state index contributed by atoms with van der Waals surface area (Å²) < 4.78 is 5.36. The van der Waals surface area contributed by atoms with Crippen molar-refractivity contribution in [3.05, 3.63) is 23.8 Å². The summed E-state index contributed by atoms with van der Waals surface area (Å²) in [5.74, 6) is 0.185. The number of benzene rings is 1. The van der Waals surface area contributed by atoms with E-state index in [1.807, 2.05) is 20.8 Å². The standard InChI is InChI=1S/C16H22NO4.2CH4.Y/c1-16(2,3)21-15(20)17-8-6-11(7-9-17)13-5-4-12(18)10-14(13)19;;;/h5,10-11,18-19H,6-9H2,1-3H3;2*1H4;/q-1;;;. The van der Waals surface area contributed by atoms with Crippen molar-refractivity contribution >= 4 is 6.09 Å². The van der Waals surface area contributed by atoms with E-state index in [4.69, 9.17) is 4.74 Å². The summed E-state index contributed by atoms with van der Waals surface area (Å²) >= 11 is 0. The van der Waals surface area contributed by atoms with E-state index in [2.05, 4.69) is 6.07 Å². The third-order valence-electron chi connectivity index (χ3n) is 3.53. The van der Waals surface area contributed by atoms with Crippen molar-refractivity contribution in [3.8, 4) is 11.5 Å². The minimum absolute atomic E-state index is 0. The zero-order valence-corrected chi connectivity index (χ0v) is 16.1. The first-order valence-electron chi connectivity index (χ1n) is 7.18. The molecule has 1 fully saturated rings. The van der Waals surface area contributed by atoms with Crippen molar-refractivity contribution in [2.45, 2.75) is 60.0 Å². The number of likely N-dealkylation sites (tertiary alicyclic amines) is 1. The molecule has 0 bridgehead atoms. The largest absolute Gasteiger partial charge is 0.534 e. The number of phenolic OH excluding ortho intramolecular Hbond substituents is 2. The van der Waals surface area contributed by atoms with Crippen LogP contribution in [-0.2, 0) is 37.4 Å². The van der Waals surface area contributed by atoms with Gasteiger partial charge in [0.05, 0.1) is 0 Å². The topological polar surface area (TPSA) is 70.0 Å². The van der Waals surface area contributed by atoms with Crippen LogP contribution in [0.3, 0.4) is 0 Å². The Morgan fingerprint density at radius 2 is 1.79 bits per heavy atom. The molecule has 1 amide bonds. The van der Waals surface area contributed by atoms with Gasteiger partial charge in [-0.2, -0.15) is 6.07 Å². The fourth-order valence-corrected chi connectivity index (χ4v) is 2.51. The molecule has 2 rings (SSSR count). The minimum atomic E-state index is -0.488.